The quantitative estimate of drug-likeness (QED) is 0.529. The van der Waals surface area contributed by atoms with Crippen LogP contribution in [0.5, 0.6) is 0 Å². The smallest absolute Gasteiger partial charge is 0.0977 e. The molecule has 1 fully saturated rings. The summed E-state index contributed by atoms with van der Waals surface area (Å²) in [5.74, 6) is 0. The summed E-state index contributed by atoms with van der Waals surface area (Å²) >= 11 is 0. The first-order valence-corrected chi connectivity index (χ1v) is 4.37. The van der Waals surface area contributed by atoms with E-state index in [-0.39, 0.29) is 6.04 Å². The fraction of sp³-hybridized carbons (Fsp3) is 0.889. The molecule has 11 heavy (non-hydrogen) atoms. The molecule has 1 rings (SSSR count). The highest BCUT2D eigenvalue weighted by Crippen LogP contribution is 2.19. The van der Waals surface area contributed by atoms with E-state index in [0.29, 0.717) is 6.04 Å². The third-order valence-electron chi connectivity index (χ3n) is 2.69. The summed E-state index contributed by atoms with van der Waals surface area (Å²) in [6, 6.07) is 3.10. The molecule has 0 bridgehead atoms. The van der Waals surface area contributed by atoms with Crippen molar-refractivity contribution in [2.75, 3.05) is 7.05 Å². The van der Waals surface area contributed by atoms with Gasteiger partial charge in [0.2, 0.25) is 0 Å². The van der Waals surface area contributed by atoms with E-state index in [4.69, 9.17) is 5.26 Å². The van der Waals surface area contributed by atoms with Crippen molar-refractivity contribution in [3.05, 3.63) is 0 Å². The van der Waals surface area contributed by atoms with Crippen molar-refractivity contribution in [2.24, 2.45) is 0 Å². The van der Waals surface area contributed by atoms with E-state index < -0.39 is 0 Å². The molecule has 0 spiro atoms. The van der Waals surface area contributed by atoms with Crippen LogP contribution in [-0.4, -0.2) is 24.0 Å². The summed E-state index contributed by atoms with van der Waals surface area (Å²) < 4.78 is 0. The predicted octanol–water partition coefficient (Wildman–Crippen LogP) is 1.77. The van der Waals surface area contributed by atoms with Gasteiger partial charge in [-0.25, -0.2) is 0 Å². The van der Waals surface area contributed by atoms with Gasteiger partial charge in [0.1, 0.15) is 0 Å². The lowest BCUT2D eigenvalue weighted by Crippen LogP contribution is -2.35. The Kier molecular flexibility index (Phi) is 2.90. The molecule has 0 amide bonds. The third kappa shape index (κ3) is 1.94. The van der Waals surface area contributed by atoms with E-state index in [9.17, 15) is 0 Å². The van der Waals surface area contributed by atoms with Crippen LogP contribution in [0, 0.1) is 11.3 Å². The van der Waals surface area contributed by atoms with Gasteiger partial charge in [-0.2, -0.15) is 5.26 Å². The van der Waals surface area contributed by atoms with Gasteiger partial charge in [0.05, 0.1) is 12.1 Å². The fourth-order valence-electron chi connectivity index (χ4n) is 1.65. The lowest BCUT2D eigenvalue weighted by molar-refractivity contribution is 0.222. The molecule has 0 saturated carbocycles. The summed E-state index contributed by atoms with van der Waals surface area (Å²) in [7, 11) is 2.06. The van der Waals surface area contributed by atoms with E-state index in [0.717, 1.165) is 6.42 Å². The van der Waals surface area contributed by atoms with Crippen LogP contribution in [0.2, 0.25) is 0 Å². The molecule has 0 aliphatic carbocycles. The lowest BCUT2D eigenvalue weighted by Gasteiger charge is -2.25. The van der Waals surface area contributed by atoms with Crippen LogP contribution >= 0.6 is 0 Å². The molecule has 62 valence electrons. The normalized spacial score (nSPS) is 34.3. The Hall–Kier alpha value is -0.550. The monoisotopic (exact) mass is 152 g/mol. The van der Waals surface area contributed by atoms with Gasteiger partial charge in [0.25, 0.3) is 0 Å². The zero-order chi connectivity index (χ0) is 8.27. The van der Waals surface area contributed by atoms with Crippen LogP contribution in [0.25, 0.3) is 0 Å². The minimum Gasteiger partial charge on any atom is -0.288 e. The Morgan fingerprint density at radius 2 is 2.00 bits per heavy atom. The molecule has 0 N–H and O–H groups in total. The number of hydrogen-bond donors (Lipinski definition) is 0. The second-order valence-electron chi connectivity index (χ2n) is 3.44. The van der Waals surface area contributed by atoms with Crippen LogP contribution in [0.15, 0.2) is 0 Å². The molecule has 1 heterocycles. The highest BCUT2D eigenvalue weighted by atomic mass is 15.2. The molecule has 1 aliphatic rings. The van der Waals surface area contributed by atoms with Crippen LogP contribution < -0.4 is 0 Å². The van der Waals surface area contributed by atoms with Gasteiger partial charge in [0, 0.05) is 6.04 Å². The maximum Gasteiger partial charge on any atom is 0.0977 e. The van der Waals surface area contributed by atoms with E-state index in [2.05, 4.69) is 24.9 Å². The molecular weight excluding hydrogens is 136 g/mol. The van der Waals surface area contributed by atoms with Gasteiger partial charge < -0.3 is 0 Å². The first kappa shape index (κ1) is 8.55. The Bertz CT molecular complexity index is 159. The van der Waals surface area contributed by atoms with Crippen molar-refractivity contribution in [3.63, 3.8) is 0 Å². The Morgan fingerprint density at radius 3 is 2.64 bits per heavy atom. The average Bonchev–Trinajstić information content (AvgIpc) is 2.16. The van der Waals surface area contributed by atoms with E-state index in [1.54, 1.807) is 0 Å². The zero-order valence-electron chi connectivity index (χ0n) is 7.38. The van der Waals surface area contributed by atoms with Crippen molar-refractivity contribution in [2.45, 2.75) is 44.7 Å². The number of likely N-dealkylation sites (tertiary alicyclic amines) is 1. The van der Waals surface area contributed by atoms with Crippen LogP contribution in [0.1, 0.15) is 32.6 Å². The first-order valence-electron chi connectivity index (χ1n) is 4.37. The Morgan fingerprint density at radius 1 is 1.36 bits per heavy atom. The molecular formula is C9H16N2. The number of rotatable bonds is 0. The standard InChI is InChI=1S/C9H16N2/c1-8-5-3-4-6-9(7-10)11(8)2/h8-9H,3-6H2,1-2H3. The number of nitrogens with zero attached hydrogens (tertiary/aromatic N) is 2. The summed E-state index contributed by atoms with van der Waals surface area (Å²) in [5.41, 5.74) is 0. The lowest BCUT2D eigenvalue weighted by atomic mass is 10.1. The van der Waals surface area contributed by atoms with Crippen LogP contribution in [-0.2, 0) is 0 Å². The van der Waals surface area contributed by atoms with Crippen LogP contribution in [0.4, 0.5) is 0 Å². The molecule has 0 radical (unpaired) electrons. The summed E-state index contributed by atoms with van der Waals surface area (Å²) in [4.78, 5) is 2.20. The maximum absolute atomic E-state index is 8.81. The third-order valence-corrected chi connectivity index (χ3v) is 2.69. The predicted molar refractivity (Wildman–Crippen MR) is 45.1 cm³/mol. The highest BCUT2D eigenvalue weighted by Gasteiger charge is 2.21. The van der Waals surface area contributed by atoms with Gasteiger partial charge in [-0.3, -0.25) is 4.90 Å². The van der Waals surface area contributed by atoms with E-state index >= 15 is 0 Å². The van der Waals surface area contributed by atoms with E-state index in [1.165, 1.54) is 19.3 Å². The molecule has 1 saturated heterocycles. The zero-order valence-corrected chi connectivity index (χ0v) is 7.38. The molecule has 2 unspecified atom stereocenters. The molecule has 0 aromatic heterocycles. The minimum absolute atomic E-state index is 0.160. The summed E-state index contributed by atoms with van der Waals surface area (Å²) in [6.07, 6.45) is 4.79. The molecule has 0 aromatic rings. The van der Waals surface area contributed by atoms with Crippen molar-refractivity contribution in [3.8, 4) is 6.07 Å². The summed E-state index contributed by atoms with van der Waals surface area (Å²) in [6.45, 7) is 2.20. The number of nitriles is 1. The second kappa shape index (κ2) is 3.73. The topological polar surface area (TPSA) is 27.0 Å². The van der Waals surface area contributed by atoms with E-state index in [1.807, 2.05) is 0 Å². The average molecular weight is 152 g/mol. The molecule has 2 atom stereocenters. The Labute approximate surface area is 68.8 Å². The SMILES string of the molecule is CC1CCCCC(C#N)N1C. The molecule has 0 aromatic carbocycles. The van der Waals surface area contributed by atoms with Gasteiger partial charge in [0.15, 0.2) is 0 Å². The van der Waals surface area contributed by atoms with Crippen molar-refractivity contribution in [1.29, 1.82) is 5.26 Å². The maximum atomic E-state index is 8.81. The summed E-state index contributed by atoms with van der Waals surface area (Å²) in [5, 5.41) is 8.81. The van der Waals surface area contributed by atoms with Gasteiger partial charge in [-0.1, -0.05) is 12.8 Å². The Balaban J connectivity index is 2.58. The minimum atomic E-state index is 0.160. The van der Waals surface area contributed by atoms with Crippen molar-refractivity contribution >= 4 is 0 Å². The highest BCUT2D eigenvalue weighted by molar-refractivity contribution is 4.93. The first-order chi connectivity index (χ1) is 5.25. The van der Waals surface area contributed by atoms with Gasteiger partial charge >= 0.3 is 0 Å². The van der Waals surface area contributed by atoms with Gasteiger partial charge in [-0.15, -0.1) is 0 Å². The van der Waals surface area contributed by atoms with Crippen molar-refractivity contribution < 1.29 is 0 Å². The molecule has 1 aliphatic heterocycles. The largest absolute Gasteiger partial charge is 0.288 e. The molecule has 2 nitrogen and oxygen atoms in total. The molecule has 2 heteroatoms. The van der Waals surface area contributed by atoms with Crippen molar-refractivity contribution in [1.82, 2.24) is 4.90 Å². The van der Waals surface area contributed by atoms with Gasteiger partial charge in [-0.05, 0) is 26.8 Å². The fourth-order valence-corrected chi connectivity index (χ4v) is 1.65. The van der Waals surface area contributed by atoms with Crippen LogP contribution in [0.3, 0.4) is 0 Å². The number of hydrogen-bond acceptors (Lipinski definition) is 2. The second-order valence-corrected chi connectivity index (χ2v) is 3.44.